The fourth-order valence-corrected chi connectivity index (χ4v) is 3.27. The Bertz CT molecular complexity index is 829. The van der Waals surface area contributed by atoms with Crippen molar-refractivity contribution in [2.75, 3.05) is 0 Å². The maximum Gasteiger partial charge on any atom is 0.170 e. The maximum atomic E-state index is 4.26. The summed E-state index contributed by atoms with van der Waals surface area (Å²) >= 11 is 0. The number of hydrogen-bond acceptors (Lipinski definition) is 6. The van der Waals surface area contributed by atoms with Gasteiger partial charge in [-0.05, 0) is 41.8 Å². The minimum atomic E-state index is 0.349. The second kappa shape index (κ2) is 6.12. The fraction of sp³-hybridized carbons (Fsp3) is 0.438. The number of fused-ring (bicyclic) bond motifs is 1. The Balaban J connectivity index is 1.50. The standard InChI is InChI=1S/C16H20N8/c1-11-4-3-5-12(2)16(11)24-15(20-21-22-24)8-17-13-6-7-14-18-10-19-23(14)9-13/h3-5,10,13,17H,6-9H2,1-2H3. The van der Waals surface area contributed by atoms with E-state index in [1.807, 2.05) is 15.4 Å². The molecule has 1 atom stereocenters. The minimum absolute atomic E-state index is 0.349. The van der Waals surface area contributed by atoms with Crippen LogP contribution < -0.4 is 5.32 Å². The van der Waals surface area contributed by atoms with Crippen LogP contribution in [0.5, 0.6) is 0 Å². The molecule has 0 saturated heterocycles. The summed E-state index contributed by atoms with van der Waals surface area (Å²) in [5.41, 5.74) is 3.38. The van der Waals surface area contributed by atoms with Crippen molar-refractivity contribution in [3.63, 3.8) is 0 Å². The molecular weight excluding hydrogens is 304 g/mol. The van der Waals surface area contributed by atoms with Crippen LogP contribution in [-0.4, -0.2) is 41.0 Å². The topological polar surface area (TPSA) is 86.3 Å². The SMILES string of the molecule is Cc1cccc(C)c1-n1nnnc1CNC1CCc2ncnn2C1. The molecule has 1 aliphatic rings. The quantitative estimate of drug-likeness (QED) is 0.770. The summed E-state index contributed by atoms with van der Waals surface area (Å²) in [7, 11) is 0. The average molecular weight is 324 g/mol. The highest BCUT2D eigenvalue weighted by Gasteiger charge is 2.20. The summed E-state index contributed by atoms with van der Waals surface area (Å²) in [5, 5.41) is 20.1. The van der Waals surface area contributed by atoms with Crippen LogP contribution in [0.4, 0.5) is 0 Å². The summed E-state index contributed by atoms with van der Waals surface area (Å²) in [6.07, 6.45) is 3.61. The van der Waals surface area contributed by atoms with Crippen molar-refractivity contribution in [1.82, 2.24) is 40.3 Å². The number of nitrogens with one attached hydrogen (secondary N) is 1. The molecule has 8 heteroatoms. The lowest BCUT2D eigenvalue weighted by Gasteiger charge is -2.23. The van der Waals surface area contributed by atoms with Crippen molar-refractivity contribution in [1.29, 1.82) is 0 Å². The number of rotatable bonds is 4. The van der Waals surface area contributed by atoms with Gasteiger partial charge in [-0.25, -0.2) is 9.67 Å². The van der Waals surface area contributed by atoms with E-state index < -0.39 is 0 Å². The van der Waals surface area contributed by atoms with Crippen molar-refractivity contribution in [2.24, 2.45) is 0 Å². The van der Waals surface area contributed by atoms with Gasteiger partial charge in [-0.3, -0.25) is 0 Å². The van der Waals surface area contributed by atoms with Crippen LogP contribution in [0.3, 0.4) is 0 Å². The third-order valence-corrected chi connectivity index (χ3v) is 4.54. The van der Waals surface area contributed by atoms with Gasteiger partial charge in [0.05, 0.1) is 18.8 Å². The Morgan fingerprint density at radius 3 is 2.92 bits per heavy atom. The molecule has 1 aliphatic heterocycles. The number of hydrogen-bond donors (Lipinski definition) is 1. The van der Waals surface area contributed by atoms with E-state index in [0.29, 0.717) is 12.6 Å². The first-order valence-corrected chi connectivity index (χ1v) is 8.16. The van der Waals surface area contributed by atoms with Crippen LogP contribution in [0.2, 0.25) is 0 Å². The summed E-state index contributed by atoms with van der Waals surface area (Å²) in [5.74, 6) is 1.88. The molecule has 1 aromatic carbocycles. The Hall–Kier alpha value is -2.61. The smallest absolute Gasteiger partial charge is 0.170 e. The second-order valence-electron chi connectivity index (χ2n) is 6.22. The van der Waals surface area contributed by atoms with E-state index in [2.05, 4.69) is 56.9 Å². The average Bonchev–Trinajstić information content (AvgIpc) is 3.21. The van der Waals surface area contributed by atoms with Gasteiger partial charge in [-0.1, -0.05) is 18.2 Å². The Morgan fingerprint density at radius 2 is 2.08 bits per heavy atom. The van der Waals surface area contributed by atoms with Crippen LogP contribution in [0.15, 0.2) is 24.5 Å². The molecule has 0 aliphatic carbocycles. The first kappa shape index (κ1) is 14.9. The van der Waals surface area contributed by atoms with Gasteiger partial charge in [-0.2, -0.15) is 9.78 Å². The number of aryl methyl sites for hydroxylation is 3. The zero-order valence-corrected chi connectivity index (χ0v) is 13.8. The van der Waals surface area contributed by atoms with E-state index >= 15 is 0 Å². The summed E-state index contributed by atoms with van der Waals surface area (Å²) in [4.78, 5) is 4.26. The number of tetrazole rings is 1. The van der Waals surface area contributed by atoms with Crippen LogP contribution in [0.1, 0.15) is 29.2 Å². The van der Waals surface area contributed by atoms with Gasteiger partial charge in [0.25, 0.3) is 0 Å². The summed E-state index contributed by atoms with van der Waals surface area (Å²) in [6, 6.07) is 6.56. The van der Waals surface area contributed by atoms with Crippen molar-refractivity contribution in [2.45, 2.75) is 45.8 Å². The predicted octanol–water partition coefficient (Wildman–Crippen LogP) is 0.975. The predicted molar refractivity (Wildman–Crippen MR) is 87.6 cm³/mol. The van der Waals surface area contributed by atoms with Crippen molar-refractivity contribution in [3.05, 3.63) is 47.3 Å². The van der Waals surface area contributed by atoms with Crippen LogP contribution in [0.25, 0.3) is 5.69 Å². The van der Waals surface area contributed by atoms with E-state index in [0.717, 1.165) is 47.8 Å². The van der Waals surface area contributed by atoms with Crippen molar-refractivity contribution in [3.8, 4) is 5.69 Å². The molecule has 24 heavy (non-hydrogen) atoms. The van der Waals surface area contributed by atoms with Crippen LogP contribution >= 0.6 is 0 Å². The van der Waals surface area contributed by atoms with Gasteiger partial charge < -0.3 is 5.32 Å². The highest BCUT2D eigenvalue weighted by molar-refractivity contribution is 5.46. The van der Waals surface area contributed by atoms with E-state index in [4.69, 9.17) is 0 Å². The van der Waals surface area contributed by atoms with E-state index in [9.17, 15) is 0 Å². The lowest BCUT2D eigenvalue weighted by molar-refractivity contribution is 0.354. The highest BCUT2D eigenvalue weighted by atomic mass is 15.5. The normalized spacial score (nSPS) is 17.0. The van der Waals surface area contributed by atoms with Crippen molar-refractivity contribution < 1.29 is 0 Å². The van der Waals surface area contributed by atoms with Gasteiger partial charge in [0.2, 0.25) is 0 Å². The zero-order chi connectivity index (χ0) is 16.5. The molecule has 3 aromatic rings. The largest absolute Gasteiger partial charge is 0.305 e. The number of nitrogens with zero attached hydrogens (tertiary/aromatic N) is 7. The van der Waals surface area contributed by atoms with Crippen molar-refractivity contribution >= 4 is 0 Å². The number of para-hydroxylation sites is 1. The lowest BCUT2D eigenvalue weighted by atomic mass is 10.1. The van der Waals surface area contributed by atoms with Gasteiger partial charge in [0.15, 0.2) is 5.82 Å². The third-order valence-electron chi connectivity index (χ3n) is 4.54. The zero-order valence-electron chi connectivity index (χ0n) is 13.8. The molecule has 8 nitrogen and oxygen atoms in total. The van der Waals surface area contributed by atoms with Crippen LogP contribution in [0, 0.1) is 13.8 Å². The Morgan fingerprint density at radius 1 is 1.25 bits per heavy atom. The van der Waals surface area contributed by atoms with E-state index in [-0.39, 0.29) is 0 Å². The van der Waals surface area contributed by atoms with E-state index in [1.165, 1.54) is 0 Å². The molecule has 1 unspecified atom stereocenters. The van der Waals surface area contributed by atoms with Gasteiger partial charge in [-0.15, -0.1) is 5.10 Å². The van der Waals surface area contributed by atoms with Gasteiger partial charge in [0.1, 0.15) is 12.2 Å². The van der Waals surface area contributed by atoms with Gasteiger partial charge in [0, 0.05) is 12.5 Å². The lowest BCUT2D eigenvalue weighted by Crippen LogP contribution is -2.38. The summed E-state index contributed by atoms with van der Waals surface area (Å²) in [6.45, 7) is 5.61. The first-order chi connectivity index (χ1) is 11.7. The number of aromatic nitrogens is 7. The third kappa shape index (κ3) is 2.69. The summed E-state index contributed by atoms with van der Waals surface area (Å²) < 4.78 is 3.80. The molecule has 0 bridgehead atoms. The molecule has 2 aromatic heterocycles. The Labute approximate surface area is 139 Å². The van der Waals surface area contributed by atoms with Crippen LogP contribution in [-0.2, 0) is 19.5 Å². The van der Waals surface area contributed by atoms with E-state index in [1.54, 1.807) is 6.33 Å². The molecule has 4 rings (SSSR count). The molecule has 1 N–H and O–H groups in total. The fourth-order valence-electron chi connectivity index (χ4n) is 3.27. The second-order valence-corrected chi connectivity index (χ2v) is 6.22. The molecular formula is C16H20N8. The maximum absolute atomic E-state index is 4.26. The number of benzene rings is 1. The highest BCUT2D eigenvalue weighted by Crippen LogP contribution is 2.19. The molecule has 0 saturated carbocycles. The molecule has 3 heterocycles. The molecule has 0 spiro atoms. The Kier molecular flexibility index (Phi) is 3.81. The molecule has 124 valence electrons. The molecule has 0 amide bonds. The van der Waals surface area contributed by atoms with Gasteiger partial charge >= 0.3 is 0 Å². The first-order valence-electron chi connectivity index (χ1n) is 8.16. The minimum Gasteiger partial charge on any atom is -0.305 e. The monoisotopic (exact) mass is 324 g/mol. The molecule has 0 radical (unpaired) electrons. The molecule has 0 fully saturated rings.